The maximum atomic E-state index is 12.9. The van der Waals surface area contributed by atoms with Crippen LogP contribution in [0.25, 0.3) is 0 Å². The summed E-state index contributed by atoms with van der Waals surface area (Å²) in [6.07, 6.45) is 8.60. The van der Waals surface area contributed by atoms with E-state index in [9.17, 15) is 4.79 Å². The second-order valence-corrected chi connectivity index (χ2v) is 10.5. The standard InChI is InChI=1S/C23H27Cl2N3O/c1-14-4-21(27-28(14)13-15-2-3-19(24)20(25)8-15)26-22(29)12-23-9-16-5-17(10-23)7-18(6-16)11-23/h2-4,8,16-18H,5-7,9-13H2,1H3,(H,26,27,29). The first kappa shape index (κ1) is 19.4. The van der Waals surface area contributed by atoms with Crippen molar-refractivity contribution < 1.29 is 4.79 Å². The van der Waals surface area contributed by atoms with Crippen molar-refractivity contribution in [2.24, 2.45) is 23.2 Å². The predicted molar refractivity (Wildman–Crippen MR) is 116 cm³/mol. The number of hydrogen-bond acceptors (Lipinski definition) is 2. The minimum absolute atomic E-state index is 0.117. The number of nitrogens with one attached hydrogen (secondary N) is 1. The van der Waals surface area contributed by atoms with Crippen molar-refractivity contribution in [2.75, 3.05) is 5.32 Å². The van der Waals surface area contributed by atoms with E-state index in [0.717, 1.165) is 29.0 Å². The first-order valence-corrected chi connectivity index (χ1v) is 11.4. The highest BCUT2D eigenvalue weighted by atomic mass is 35.5. The highest BCUT2D eigenvalue weighted by molar-refractivity contribution is 6.42. The fourth-order valence-electron chi connectivity index (χ4n) is 6.58. The van der Waals surface area contributed by atoms with Gasteiger partial charge < -0.3 is 5.32 Å². The lowest BCUT2D eigenvalue weighted by Crippen LogP contribution is -2.47. The Morgan fingerprint density at radius 2 is 1.76 bits per heavy atom. The van der Waals surface area contributed by atoms with Crippen molar-refractivity contribution in [3.8, 4) is 0 Å². The number of amides is 1. The molecule has 1 aromatic carbocycles. The first-order valence-electron chi connectivity index (χ1n) is 10.7. The van der Waals surface area contributed by atoms with Gasteiger partial charge in [0.15, 0.2) is 5.82 Å². The van der Waals surface area contributed by atoms with Gasteiger partial charge in [0.1, 0.15) is 0 Å². The van der Waals surface area contributed by atoms with Gasteiger partial charge >= 0.3 is 0 Å². The van der Waals surface area contributed by atoms with Gasteiger partial charge in [0.2, 0.25) is 5.91 Å². The van der Waals surface area contributed by atoms with E-state index in [-0.39, 0.29) is 11.3 Å². The molecule has 0 spiro atoms. The molecule has 2 aromatic rings. The summed E-state index contributed by atoms with van der Waals surface area (Å²) in [6, 6.07) is 7.54. The van der Waals surface area contributed by atoms with E-state index in [1.165, 1.54) is 38.5 Å². The van der Waals surface area contributed by atoms with Crippen LogP contribution >= 0.6 is 23.2 Å². The zero-order valence-electron chi connectivity index (χ0n) is 16.8. The number of hydrogen-bond donors (Lipinski definition) is 1. The molecule has 4 bridgehead atoms. The second-order valence-electron chi connectivity index (χ2n) is 9.72. The van der Waals surface area contributed by atoms with Crippen molar-refractivity contribution in [1.82, 2.24) is 9.78 Å². The van der Waals surface area contributed by atoms with Gasteiger partial charge in [-0.25, -0.2) is 0 Å². The molecule has 0 radical (unpaired) electrons. The van der Waals surface area contributed by atoms with Gasteiger partial charge in [0.25, 0.3) is 0 Å². The monoisotopic (exact) mass is 431 g/mol. The molecule has 1 N–H and O–H groups in total. The number of carbonyl (C=O) groups is 1. The predicted octanol–water partition coefficient (Wildman–Crippen LogP) is 6.09. The number of benzene rings is 1. The Balaban J connectivity index is 1.25. The number of aryl methyl sites for hydroxylation is 1. The van der Waals surface area contributed by atoms with Crippen LogP contribution in [0, 0.1) is 30.1 Å². The van der Waals surface area contributed by atoms with Gasteiger partial charge in [-0.15, -0.1) is 0 Å². The third-order valence-corrected chi connectivity index (χ3v) is 8.00. The Labute approximate surface area is 182 Å². The number of halogens is 2. The molecule has 0 saturated heterocycles. The fourth-order valence-corrected chi connectivity index (χ4v) is 6.90. The van der Waals surface area contributed by atoms with Crippen LogP contribution in [-0.2, 0) is 11.3 Å². The minimum Gasteiger partial charge on any atom is -0.309 e. The Bertz CT molecular complexity index is 916. The third kappa shape index (κ3) is 3.94. The highest BCUT2D eigenvalue weighted by Crippen LogP contribution is 2.61. The van der Waals surface area contributed by atoms with Crippen LogP contribution in [0.2, 0.25) is 10.0 Å². The molecule has 4 fully saturated rings. The van der Waals surface area contributed by atoms with Crippen LogP contribution in [-0.4, -0.2) is 15.7 Å². The van der Waals surface area contributed by atoms with Crippen molar-refractivity contribution in [1.29, 1.82) is 0 Å². The summed E-state index contributed by atoms with van der Waals surface area (Å²) in [6.45, 7) is 2.59. The zero-order valence-corrected chi connectivity index (χ0v) is 18.3. The van der Waals surface area contributed by atoms with Crippen LogP contribution in [0.15, 0.2) is 24.3 Å². The molecule has 0 atom stereocenters. The molecule has 1 amide bonds. The summed E-state index contributed by atoms with van der Waals surface area (Å²) in [5, 5.41) is 8.75. The van der Waals surface area contributed by atoms with Gasteiger partial charge in [-0.3, -0.25) is 9.48 Å². The number of rotatable bonds is 5. The van der Waals surface area contributed by atoms with Gasteiger partial charge in [0.05, 0.1) is 16.6 Å². The van der Waals surface area contributed by atoms with E-state index in [0.29, 0.717) is 28.8 Å². The minimum atomic E-state index is 0.117. The van der Waals surface area contributed by atoms with Crippen LogP contribution < -0.4 is 5.32 Å². The van der Waals surface area contributed by atoms with Crippen LogP contribution in [0.3, 0.4) is 0 Å². The Morgan fingerprint density at radius 3 is 2.38 bits per heavy atom. The first-order chi connectivity index (χ1) is 13.9. The molecule has 4 nitrogen and oxygen atoms in total. The number of anilines is 1. The molecule has 1 heterocycles. The maximum Gasteiger partial charge on any atom is 0.226 e. The summed E-state index contributed by atoms with van der Waals surface area (Å²) in [5.74, 6) is 3.34. The van der Waals surface area contributed by atoms with Crippen molar-refractivity contribution in [2.45, 2.75) is 58.4 Å². The largest absolute Gasteiger partial charge is 0.309 e. The lowest BCUT2D eigenvalue weighted by Gasteiger charge is -2.56. The average molecular weight is 432 g/mol. The molecule has 1 aromatic heterocycles. The summed E-state index contributed by atoms with van der Waals surface area (Å²) in [7, 11) is 0. The molecule has 4 aliphatic rings. The van der Waals surface area contributed by atoms with E-state index < -0.39 is 0 Å². The topological polar surface area (TPSA) is 46.9 Å². The third-order valence-electron chi connectivity index (χ3n) is 7.27. The summed E-state index contributed by atoms with van der Waals surface area (Å²) in [4.78, 5) is 12.9. The molecule has 4 saturated carbocycles. The van der Waals surface area contributed by atoms with Gasteiger partial charge in [-0.1, -0.05) is 29.3 Å². The zero-order chi connectivity index (χ0) is 20.2. The van der Waals surface area contributed by atoms with Crippen LogP contribution in [0.1, 0.15) is 56.2 Å². The molecule has 154 valence electrons. The van der Waals surface area contributed by atoms with Crippen molar-refractivity contribution in [3.05, 3.63) is 45.6 Å². The molecule has 4 aliphatic carbocycles. The average Bonchev–Trinajstić information content (AvgIpc) is 2.95. The highest BCUT2D eigenvalue weighted by Gasteiger charge is 2.51. The molecule has 29 heavy (non-hydrogen) atoms. The summed E-state index contributed by atoms with van der Waals surface area (Å²) < 4.78 is 1.89. The molecule has 6 rings (SSSR count). The van der Waals surface area contributed by atoms with Crippen LogP contribution in [0.4, 0.5) is 5.82 Å². The van der Waals surface area contributed by atoms with E-state index in [1.807, 2.05) is 29.8 Å². The molecule has 0 unspecified atom stereocenters. The van der Waals surface area contributed by atoms with E-state index in [4.69, 9.17) is 23.2 Å². The van der Waals surface area contributed by atoms with Gasteiger partial charge in [-0.05, 0) is 86.3 Å². The lowest BCUT2D eigenvalue weighted by molar-refractivity contribution is -0.124. The van der Waals surface area contributed by atoms with Crippen molar-refractivity contribution in [3.63, 3.8) is 0 Å². The Hall–Kier alpha value is -1.52. The molecular formula is C23H27Cl2N3O. The number of aromatic nitrogens is 2. The SMILES string of the molecule is Cc1cc(NC(=O)CC23CC4CC(CC(C4)C2)C3)nn1Cc1ccc(Cl)c(Cl)c1. The maximum absolute atomic E-state index is 12.9. The lowest BCUT2D eigenvalue weighted by atomic mass is 9.49. The Kier molecular flexibility index (Phi) is 4.90. The van der Waals surface area contributed by atoms with Gasteiger partial charge in [0, 0.05) is 18.2 Å². The van der Waals surface area contributed by atoms with Crippen molar-refractivity contribution >= 4 is 34.9 Å². The summed E-state index contributed by atoms with van der Waals surface area (Å²) >= 11 is 12.1. The second kappa shape index (κ2) is 7.31. The van der Waals surface area contributed by atoms with E-state index in [1.54, 1.807) is 6.07 Å². The normalized spacial score (nSPS) is 30.0. The Morgan fingerprint density at radius 1 is 1.10 bits per heavy atom. The molecule has 6 heteroatoms. The number of nitrogens with zero attached hydrogens (tertiary/aromatic N) is 2. The summed E-state index contributed by atoms with van der Waals surface area (Å²) in [5.41, 5.74) is 2.27. The van der Waals surface area contributed by atoms with E-state index >= 15 is 0 Å². The van der Waals surface area contributed by atoms with E-state index in [2.05, 4.69) is 10.4 Å². The van der Waals surface area contributed by atoms with Crippen LogP contribution in [0.5, 0.6) is 0 Å². The molecular weight excluding hydrogens is 405 g/mol. The molecule has 0 aliphatic heterocycles. The van der Waals surface area contributed by atoms with Gasteiger partial charge in [-0.2, -0.15) is 5.10 Å². The fraction of sp³-hybridized carbons (Fsp3) is 0.565. The quantitative estimate of drug-likeness (QED) is 0.621. The number of carbonyl (C=O) groups excluding carboxylic acids is 1. The smallest absolute Gasteiger partial charge is 0.226 e.